The van der Waals surface area contributed by atoms with Crippen LogP contribution >= 0.6 is 0 Å². The molecule has 0 N–H and O–H groups in total. The van der Waals surface area contributed by atoms with Crippen LogP contribution in [0.1, 0.15) is 44.4 Å². The Morgan fingerprint density at radius 2 is 1.31 bits per heavy atom. The molecule has 0 saturated heterocycles. The number of aliphatic imine (C=N–C) groups is 1. The molecule has 3 aromatic rings. The molecule has 0 saturated carbocycles. The lowest BCUT2D eigenvalue weighted by Crippen LogP contribution is -2.64. The minimum Gasteiger partial charge on any atom is -0.469 e. The SMILES string of the molecule is COC(=O)C(C)C(C(=O)OCc1ccccc1)(C(=O)C(Cc1ccccc1)(/N=C/c1ccccc1)C(=O)OC(C)(C)C)C(F)F. The number of carbonyl (C=O) groups excluding carboxylic acids is 4. The van der Waals surface area contributed by atoms with Gasteiger partial charge in [-0.3, -0.25) is 19.4 Å². The number of esters is 3. The van der Waals surface area contributed by atoms with E-state index in [0.29, 0.717) is 16.7 Å². The first-order valence-electron chi connectivity index (χ1n) is 14.3. The lowest BCUT2D eigenvalue weighted by Gasteiger charge is -2.39. The highest BCUT2D eigenvalue weighted by molar-refractivity contribution is 6.20. The first-order chi connectivity index (χ1) is 21.3. The smallest absolute Gasteiger partial charge is 0.342 e. The van der Waals surface area contributed by atoms with Gasteiger partial charge in [-0.15, -0.1) is 0 Å². The fourth-order valence-corrected chi connectivity index (χ4v) is 4.77. The molecule has 0 fully saturated rings. The zero-order valence-corrected chi connectivity index (χ0v) is 25.9. The highest BCUT2D eigenvalue weighted by atomic mass is 19.3. The summed E-state index contributed by atoms with van der Waals surface area (Å²) in [6.45, 7) is 5.09. The van der Waals surface area contributed by atoms with Gasteiger partial charge < -0.3 is 14.2 Å². The van der Waals surface area contributed by atoms with Crippen LogP contribution < -0.4 is 0 Å². The van der Waals surface area contributed by atoms with Gasteiger partial charge in [0.05, 0.1) is 13.0 Å². The van der Waals surface area contributed by atoms with Crippen molar-refractivity contribution in [3.05, 3.63) is 108 Å². The molecule has 45 heavy (non-hydrogen) atoms. The Balaban J connectivity index is 2.35. The predicted molar refractivity (Wildman–Crippen MR) is 164 cm³/mol. The van der Waals surface area contributed by atoms with E-state index in [1.807, 2.05) is 0 Å². The second-order valence-electron chi connectivity index (χ2n) is 11.5. The van der Waals surface area contributed by atoms with Crippen LogP contribution in [0.3, 0.4) is 0 Å². The maximum absolute atomic E-state index is 15.6. The quantitative estimate of drug-likeness (QED) is 0.103. The van der Waals surface area contributed by atoms with Crippen LogP contribution in [0.25, 0.3) is 0 Å². The van der Waals surface area contributed by atoms with Crippen LogP contribution in [-0.4, -0.2) is 54.6 Å². The molecule has 0 amide bonds. The lowest BCUT2D eigenvalue weighted by molar-refractivity contribution is -0.190. The molecule has 0 bridgehead atoms. The lowest BCUT2D eigenvalue weighted by atomic mass is 9.65. The number of benzene rings is 3. The highest BCUT2D eigenvalue weighted by Crippen LogP contribution is 2.44. The van der Waals surface area contributed by atoms with E-state index < -0.39 is 65.6 Å². The first-order valence-corrected chi connectivity index (χ1v) is 14.3. The average Bonchev–Trinajstić information content (AvgIpc) is 3.02. The fourth-order valence-electron chi connectivity index (χ4n) is 4.77. The van der Waals surface area contributed by atoms with Gasteiger partial charge in [-0.05, 0) is 37.5 Å². The largest absolute Gasteiger partial charge is 0.469 e. The van der Waals surface area contributed by atoms with E-state index in [0.717, 1.165) is 14.0 Å². The molecule has 0 aliphatic rings. The number of ether oxygens (including phenoxy) is 3. The molecule has 3 aromatic carbocycles. The molecule has 0 spiro atoms. The van der Waals surface area contributed by atoms with Gasteiger partial charge in [0, 0.05) is 12.6 Å². The van der Waals surface area contributed by atoms with Gasteiger partial charge in [0.2, 0.25) is 11.0 Å². The Morgan fingerprint density at radius 3 is 1.80 bits per heavy atom. The second-order valence-corrected chi connectivity index (χ2v) is 11.5. The third-order valence-electron chi connectivity index (χ3n) is 7.16. The summed E-state index contributed by atoms with van der Waals surface area (Å²) in [6.07, 6.45) is -3.22. The first kappa shape index (κ1) is 34.8. The number of ketones is 1. The fraction of sp³-hybridized carbons (Fsp3) is 0.343. The molecule has 0 aliphatic carbocycles. The van der Waals surface area contributed by atoms with Gasteiger partial charge in [0.25, 0.3) is 6.43 Å². The van der Waals surface area contributed by atoms with E-state index >= 15 is 8.78 Å². The highest BCUT2D eigenvalue weighted by Gasteiger charge is 2.69. The van der Waals surface area contributed by atoms with Crippen molar-refractivity contribution in [3.63, 3.8) is 0 Å². The van der Waals surface area contributed by atoms with E-state index in [1.54, 1.807) is 91.0 Å². The van der Waals surface area contributed by atoms with Crippen molar-refractivity contribution in [2.24, 2.45) is 16.3 Å². The molecule has 0 heterocycles. The molecule has 3 rings (SSSR count). The van der Waals surface area contributed by atoms with E-state index in [-0.39, 0.29) is 0 Å². The zero-order chi connectivity index (χ0) is 33.3. The van der Waals surface area contributed by atoms with E-state index in [1.165, 1.54) is 27.0 Å². The third kappa shape index (κ3) is 8.06. The van der Waals surface area contributed by atoms with Gasteiger partial charge in [-0.1, -0.05) is 97.9 Å². The summed E-state index contributed by atoms with van der Waals surface area (Å²) < 4.78 is 47.0. The topological polar surface area (TPSA) is 108 Å². The number of Topliss-reactive ketones (excluding diaryl/α,β-unsaturated/α-hetero) is 1. The van der Waals surface area contributed by atoms with Crippen LogP contribution in [0.4, 0.5) is 8.78 Å². The van der Waals surface area contributed by atoms with E-state index in [2.05, 4.69) is 4.99 Å². The van der Waals surface area contributed by atoms with Gasteiger partial charge >= 0.3 is 17.9 Å². The molecule has 0 radical (unpaired) electrons. The van der Waals surface area contributed by atoms with Crippen molar-refractivity contribution in [1.82, 2.24) is 0 Å². The Kier molecular flexibility index (Phi) is 11.5. The van der Waals surface area contributed by atoms with Crippen LogP contribution in [0.2, 0.25) is 0 Å². The number of alkyl halides is 2. The molecule has 3 atom stereocenters. The van der Waals surface area contributed by atoms with Crippen molar-refractivity contribution >= 4 is 29.9 Å². The maximum atomic E-state index is 15.6. The minimum absolute atomic E-state index is 0.355. The van der Waals surface area contributed by atoms with Crippen molar-refractivity contribution in [2.75, 3.05) is 7.11 Å². The zero-order valence-electron chi connectivity index (χ0n) is 25.9. The number of methoxy groups -OCH3 is 1. The van der Waals surface area contributed by atoms with Gasteiger partial charge in [-0.25, -0.2) is 13.6 Å². The summed E-state index contributed by atoms with van der Waals surface area (Å²) >= 11 is 0. The number of nitrogens with zero attached hydrogens (tertiary/aromatic N) is 1. The van der Waals surface area contributed by atoms with Crippen molar-refractivity contribution < 1.29 is 42.2 Å². The Hall–Kier alpha value is -4.73. The minimum atomic E-state index is -3.83. The molecule has 0 aliphatic heterocycles. The molecule has 238 valence electrons. The summed E-state index contributed by atoms with van der Waals surface area (Å²) in [4.78, 5) is 60.5. The average molecular weight is 622 g/mol. The molecular formula is C35H37F2NO7. The van der Waals surface area contributed by atoms with E-state index in [9.17, 15) is 19.2 Å². The summed E-state index contributed by atoms with van der Waals surface area (Å²) in [5.41, 5.74) is -6.26. The van der Waals surface area contributed by atoms with Gasteiger partial charge in [0.15, 0.2) is 5.78 Å². The van der Waals surface area contributed by atoms with Crippen LogP contribution in [0.15, 0.2) is 96.0 Å². The summed E-state index contributed by atoms with van der Waals surface area (Å²) in [5, 5.41) is 0. The van der Waals surface area contributed by atoms with Crippen LogP contribution in [0, 0.1) is 11.3 Å². The summed E-state index contributed by atoms with van der Waals surface area (Å²) in [7, 11) is 0.938. The Morgan fingerprint density at radius 1 is 0.800 bits per heavy atom. The Labute approximate surface area is 261 Å². The molecule has 8 nitrogen and oxygen atoms in total. The van der Waals surface area contributed by atoms with Crippen LogP contribution in [-0.2, 0) is 46.4 Å². The number of halogens is 2. The maximum Gasteiger partial charge on any atom is 0.342 e. The molecule has 3 unspecified atom stereocenters. The normalized spacial score (nSPS) is 15.0. The van der Waals surface area contributed by atoms with Crippen LogP contribution in [0.5, 0.6) is 0 Å². The number of rotatable bonds is 13. The standard InChI is InChI=1S/C35H37F2NO7/c1-24(28(39)43-5)35(30(36)37,32(42)44-23-27-19-13-8-14-20-27)29(40)34(31(41)45-33(2,3)4,21-25-15-9-6-10-16-25)38-22-26-17-11-7-12-18-26/h6-20,22,24,30H,21,23H2,1-5H3/b38-22+. The van der Waals surface area contributed by atoms with Crippen molar-refractivity contribution in [2.45, 2.75) is 58.3 Å². The van der Waals surface area contributed by atoms with E-state index in [4.69, 9.17) is 14.2 Å². The Bertz CT molecular complexity index is 1490. The summed E-state index contributed by atoms with van der Waals surface area (Å²) in [5.74, 6) is -8.03. The molecule has 10 heteroatoms. The van der Waals surface area contributed by atoms with Crippen molar-refractivity contribution in [3.8, 4) is 0 Å². The summed E-state index contributed by atoms with van der Waals surface area (Å²) in [6, 6.07) is 24.6. The molecular weight excluding hydrogens is 584 g/mol. The van der Waals surface area contributed by atoms with Gasteiger partial charge in [0.1, 0.15) is 12.2 Å². The van der Waals surface area contributed by atoms with Crippen molar-refractivity contribution in [1.29, 1.82) is 0 Å². The number of hydrogen-bond donors (Lipinski definition) is 0. The predicted octanol–water partition coefficient (Wildman–Crippen LogP) is 5.80. The number of carbonyl (C=O) groups is 4. The molecule has 0 aromatic heterocycles. The monoisotopic (exact) mass is 621 g/mol. The van der Waals surface area contributed by atoms with Gasteiger partial charge in [-0.2, -0.15) is 0 Å². The third-order valence-corrected chi connectivity index (χ3v) is 7.16. The second kappa shape index (κ2) is 14.8. The number of hydrogen-bond acceptors (Lipinski definition) is 8.